The van der Waals surface area contributed by atoms with E-state index in [0.717, 1.165) is 11.4 Å². The summed E-state index contributed by atoms with van der Waals surface area (Å²) in [4.78, 5) is 0. The van der Waals surface area contributed by atoms with Gasteiger partial charge in [-0.15, -0.1) is 0 Å². The van der Waals surface area contributed by atoms with E-state index in [-0.39, 0.29) is 0 Å². The summed E-state index contributed by atoms with van der Waals surface area (Å²) in [5.74, 6) is 5.43. The number of hydrogen-bond donors (Lipinski definition) is 3. The molecule has 3 nitrogen and oxygen atoms in total. The van der Waals surface area contributed by atoms with Crippen LogP contribution >= 0.6 is 0 Å². The van der Waals surface area contributed by atoms with E-state index in [1.807, 2.05) is 6.07 Å². The third-order valence-corrected chi connectivity index (χ3v) is 5.30. The quantitative estimate of drug-likeness (QED) is 0.275. The van der Waals surface area contributed by atoms with Gasteiger partial charge >= 0.3 is 98.6 Å². The number of rotatable bonds is 1. The zero-order valence-corrected chi connectivity index (χ0v) is 10.2. The van der Waals surface area contributed by atoms with Crippen molar-refractivity contribution in [1.82, 2.24) is 0 Å². The summed E-state index contributed by atoms with van der Waals surface area (Å²) in [6.07, 6.45) is 0. The Bertz CT molecular complexity index is 672. The molecule has 16 heavy (non-hydrogen) atoms. The number of hydrogen-bond acceptors (Lipinski definition) is 3. The molecule has 0 aliphatic rings. The number of nitrogens with one attached hydrogen (secondary N) is 1. The van der Waals surface area contributed by atoms with Crippen molar-refractivity contribution < 1.29 is 0 Å². The number of fused-ring (bicyclic) bond motifs is 3. The van der Waals surface area contributed by atoms with Crippen LogP contribution < -0.4 is 17.0 Å². The van der Waals surface area contributed by atoms with Gasteiger partial charge in [-0.1, -0.05) is 0 Å². The molecule has 2 aromatic carbocycles. The Kier molecular flexibility index (Phi) is 2.14. The summed E-state index contributed by atoms with van der Waals surface area (Å²) < 4.78 is 2.63. The molecular weight excluding hydrogens is 265 g/mol. The van der Waals surface area contributed by atoms with Gasteiger partial charge in [-0.3, -0.25) is 0 Å². The van der Waals surface area contributed by atoms with E-state index < -0.39 is 0 Å². The van der Waals surface area contributed by atoms with Crippen LogP contribution in [0, 0.1) is 0 Å². The second kappa shape index (κ2) is 3.52. The molecule has 1 aromatic heterocycles. The molecule has 0 saturated heterocycles. The van der Waals surface area contributed by atoms with Crippen LogP contribution in [0.3, 0.4) is 0 Å². The molecule has 3 rings (SSSR count). The molecule has 0 unspecified atom stereocenters. The average Bonchev–Trinajstić information content (AvgIpc) is 2.69. The standard InChI is InChI=1S/C12H11N3Se/c13-11-9(15-14)6-5-8-7-3-1-2-4-10(7)16-12(8)11/h1-6,15H,13-14H2. The van der Waals surface area contributed by atoms with Crippen molar-refractivity contribution in [2.24, 2.45) is 5.84 Å². The molecule has 1 heterocycles. The average molecular weight is 276 g/mol. The first-order chi connectivity index (χ1) is 7.81. The number of anilines is 2. The van der Waals surface area contributed by atoms with E-state index in [1.54, 1.807) is 0 Å². The van der Waals surface area contributed by atoms with Crippen LogP contribution in [0.15, 0.2) is 36.4 Å². The third-order valence-electron chi connectivity index (χ3n) is 2.74. The fourth-order valence-corrected chi connectivity index (χ4v) is 4.37. The van der Waals surface area contributed by atoms with Gasteiger partial charge in [0.15, 0.2) is 0 Å². The van der Waals surface area contributed by atoms with Gasteiger partial charge in [0.25, 0.3) is 0 Å². The molecule has 0 radical (unpaired) electrons. The molecule has 3 aromatic rings. The monoisotopic (exact) mass is 277 g/mol. The molecule has 0 fully saturated rings. The van der Waals surface area contributed by atoms with E-state index in [0.29, 0.717) is 14.5 Å². The van der Waals surface area contributed by atoms with Gasteiger partial charge in [0.05, 0.1) is 0 Å². The fraction of sp³-hybridized carbons (Fsp3) is 0. The Balaban J connectivity index is 2.49. The van der Waals surface area contributed by atoms with Crippen LogP contribution in [0.4, 0.5) is 11.4 Å². The van der Waals surface area contributed by atoms with Crippen molar-refractivity contribution in [2.75, 3.05) is 11.2 Å². The van der Waals surface area contributed by atoms with Gasteiger partial charge in [-0.25, -0.2) is 0 Å². The Morgan fingerprint density at radius 3 is 2.62 bits per heavy atom. The molecular formula is C12H11N3Se. The van der Waals surface area contributed by atoms with Crippen LogP contribution in [0.1, 0.15) is 0 Å². The maximum atomic E-state index is 6.10. The van der Waals surface area contributed by atoms with E-state index in [9.17, 15) is 0 Å². The Morgan fingerprint density at radius 2 is 1.81 bits per heavy atom. The topological polar surface area (TPSA) is 64.1 Å². The van der Waals surface area contributed by atoms with Gasteiger partial charge in [0, 0.05) is 0 Å². The van der Waals surface area contributed by atoms with Crippen LogP contribution in [0.25, 0.3) is 19.3 Å². The fourth-order valence-electron chi connectivity index (χ4n) is 1.94. The van der Waals surface area contributed by atoms with Crippen LogP contribution in [0.2, 0.25) is 0 Å². The third kappa shape index (κ3) is 1.25. The summed E-state index contributed by atoms with van der Waals surface area (Å²) in [6, 6.07) is 12.5. The molecule has 0 atom stereocenters. The molecule has 0 bridgehead atoms. The van der Waals surface area contributed by atoms with E-state index >= 15 is 0 Å². The van der Waals surface area contributed by atoms with Crippen molar-refractivity contribution in [2.45, 2.75) is 0 Å². The van der Waals surface area contributed by atoms with Gasteiger partial charge in [-0.05, 0) is 0 Å². The van der Waals surface area contributed by atoms with Gasteiger partial charge in [0.2, 0.25) is 0 Å². The van der Waals surface area contributed by atoms with E-state index in [2.05, 4.69) is 35.8 Å². The molecule has 0 aliphatic carbocycles. The zero-order chi connectivity index (χ0) is 11.1. The van der Waals surface area contributed by atoms with Crippen molar-refractivity contribution in [3.8, 4) is 0 Å². The first-order valence-electron chi connectivity index (χ1n) is 4.97. The van der Waals surface area contributed by atoms with Crippen molar-refractivity contribution in [1.29, 1.82) is 0 Å². The van der Waals surface area contributed by atoms with Crippen molar-refractivity contribution in [3.05, 3.63) is 36.4 Å². The minimum atomic E-state index is 0.295. The van der Waals surface area contributed by atoms with Crippen molar-refractivity contribution in [3.63, 3.8) is 0 Å². The Labute approximate surface area is 98.8 Å². The number of nitrogens with two attached hydrogens (primary N) is 2. The summed E-state index contributed by atoms with van der Waals surface area (Å²) in [7, 11) is 0. The second-order valence-corrected chi connectivity index (χ2v) is 5.85. The predicted octanol–water partition coefficient (Wildman–Crippen LogP) is 1.92. The van der Waals surface area contributed by atoms with Crippen LogP contribution in [-0.4, -0.2) is 14.5 Å². The Hall–Kier alpha value is -1.48. The van der Waals surface area contributed by atoms with E-state index in [4.69, 9.17) is 11.6 Å². The number of nitrogen functional groups attached to an aromatic ring is 2. The summed E-state index contributed by atoms with van der Waals surface area (Å²) in [5.41, 5.74) is 10.3. The van der Waals surface area contributed by atoms with Gasteiger partial charge in [0.1, 0.15) is 0 Å². The van der Waals surface area contributed by atoms with Crippen molar-refractivity contribution >= 4 is 45.2 Å². The summed E-state index contributed by atoms with van der Waals surface area (Å²) in [6.45, 7) is 0. The molecule has 0 spiro atoms. The van der Waals surface area contributed by atoms with Crippen LogP contribution in [0.5, 0.6) is 0 Å². The Morgan fingerprint density at radius 1 is 1.00 bits per heavy atom. The molecule has 5 N–H and O–H groups in total. The second-order valence-electron chi connectivity index (χ2n) is 3.65. The first kappa shape index (κ1) is 9.72. The van der Waals surface area contributed by atoms with E-state index in [1.165, 1.54) is 19.3 Å². The number of benzene rings is 2. The molecule has 0 saturated carbocycles. The molecule has 0 amide bonds. The zero-order valence-electron chi connectivity index (χ0n) is 8.53. The predicted molar refractivity (Wildman–Crippen MR) is 70.6 cm³/mol. The first-order valence-corrected chi connectivity index (χ1v) is 6.69. The number of hydrazine groups is 1. The normalized spacial score (nSPS) is 11.1. The molecule has 0 aliphatic heterocycles. The maximum absolute atomic E-state index is 6.10. The van der Waals surface area contributed by atoms with Crippen LogP contribution in [-0.2, 0) is 0 Å². The van der Waals surface area contributed by atoms with Gasteiger partial charge < -0.3 is 0 Å². The molecule has 80 valence electrons. The minimum absolute atomic E-state index is 0.295. The summed E-state index contributed by atoms with van der Waals surface area (Å²) >= 11 is 0.295. The van der Waals surface area contributed by atoms with Gasteiger partial charge in [-0.2, -0.15) is 0 Å². The summed E-state index contributed by atoms with van der Waals surface area (Å²) in [5, 5.41) is 2.57. The SMILES string of the molecule is NNc1ccc2c([se]c3ccccc32)c1N. The molecule has 4 heteroatoms.